The molecule has 184 valence electrons. The maximum Gasteiger partial charge on any atom is 0.275 e. The van der Waals surface area contributed by atoms with Crippen LogP contribution in [-0.2, 0) is 11.3 Å². The van der Waals surface area contributed by atoms with Gasteiger partial charge in [-0.15, -0.1) is 0 Å². The third-order valence-electron chi connectivity index (χ3n) is 7.51. The third kappa shape index (κ3) is 7.30. The number of rotatable bonds is 13. The minimum atomic E-state index is -3.03. The van der Waals surface area contributed by atoms with Gasteiger partial charge in [0.25, 0.3) is 5.92 Å². The number of unbranched alkanes of at least 4 members (excludes halogenated alkanes) is 1. The molecule has 4 unspecified atom stereocenters. The number of halogens is 3. The van der Waals surface area contributed by atoms with Crippen molar-refractivity contribution in [2.24, 2.45) is 17.8 Å². The van der Waals surface area contributed by atoms with E-state index in [1.165, 1.54) is 12.1 Å². The molecule has 0 spiro atoms. The maximum atomic E-state index is 15.1. The van der Waals surface area contributed by atoms with Gasteiger partial charge in [0, 0.05) is 23.9 Å². The molecule has 2 nitrogen and oxygen atoms in total. The number of alkyl halides is 2. The molecule has 0 aliphatic heterocycles. The fourth-order valence-corrected chi connectivity index (χ4v) is 4.49. The third-order valence-corrected chi connectivity index (χ3v) is 7.51. The average molecular weight is 464 g/mol. The number of pyridine rings is 1. The van der Waals surface area contributed by atoms with Gasteiger partial charge in [-0.2, -0.15) is 0 Å². The topological polar surface area (TPSA) is 33.1 Å². The van der Waals surface area contributed by atoms with Crippen LogP contribution in [0.15, 0.2) is 48.8 Å². The van der Waals surface area contributed by atoms with Crippen molar-refractivity contribution in [3.63, 3.8) is 0 Å². The Labute approximate surface area is 197 Å². The van der Waals surface area contributed by atoms with Gasteiger partial charge >= 0.3 is 0 Å². The molecule has 4 atom stereocenters. The molecule has 5 heteroatoms. The van der Waals surface area contributed by atoms with Gasteiger partial charge in [0.05, 0.1) is 6.10 Å². The van der Waals surface area contributed by atoms with E-state index in [9.17, 15) is 9.50 Å². The lowest BCUT2D eigenvalue weighted by molar-refractivity contribution is -0.0640. The number of aliphatic hydroxyl groups is 1. The van der Waals surface area contributed by atoms with Crippen LogP contribution in [0.5, 0.6) is 0 Å². The van der Waals surface area contributed by atoms with Gasteiger partial charge in [-0.05, 0) is 66.7 Å². The lowest BCUT2D eigenvalue weighted by Crippen LogP contribution is -2.33. The van der Waals surface area contributed by atoms with E-state index in [-0.39, 0.29) is 28.9 Å². The SMILES string of the molecule is CC(C)C(O)CCCCC(C)C(C)(CCC(C)C(F)(F)c1ccc(F)cc1)c1cccnc1. The summed E-state index contributed by atoms with van der Waals surface area (Å²) in [6.45, 7) is 9.96. The number of nitrogens with zero attached hydrogens (tertiary/aromatic N) is 1. The first-order chi connectivity index (χ1) is 15.5. The fraction of sp³-hybridized carbons (Fsp3) is 0.607. The molecular weight excluding hydrogens is 423 g/mol. The van der Waals surface area contributed by atoms with E-state index in [4.69, 9.17) is 0 Å². The minimum Gasteiger partial charge on any atom is -0.393 e. The fourth-order valence-electron chi connectivity index (χ4n) is 4.49. The van der Waals surface area contributed by atoms with Gasteiger partial charge in [-0.25, -0.2) is 13.2 Å². The number of hydrogen-bond donors (Lipinski definition) is 1. The summed E-state index contributed by atoms with van der Waals surface area (Å²) >= 11 is 0. The zero-order valence-electron chi connectivity index (χ0n) is 20.7. The van der Waals surface area contributed by atoms with Crippen molar-refractivity contribution in [2.45, 2.75) is 90.6 Å². The van der Waals surface area contributed by atoms with Gasteiger partial charge in [-0.1, -0.05) is 65.7 Å². The first kappa shape index (κ1) is 27.4. The van der Waals surface area contributed by atoms with E-state index >= 15 is 8.78 Å². The summed E-state index contributed by atoms with van der Waals surface area (Å²) in [6.07, 6.45) is 7.93. The Balaban J connectivity index is 2.09. The zero-order chi connectivity index (χ0) is 24.6. The predicted octanol–water partition coefficient (Wildman–Crippen LogP) is 7.90. The molecule has 1 aromatic heterocycles. The second kappa shape index (κ2) is 12.0. The zero-order valence-corrected chi connectivity index (χ0v) is 20.7. The highest BCUT2D eigenvalue weighted by atomic mass is 19.3. The second-order valence-electron chi connectivity index (χ2n) is 10.2. The van der Waals surface area contributed by atoms with Crippen LogP contribution in [-0.4, -0.2) is 16.2 Å². The van der Waals surface area contributed by atoms with Gasteiger partial charge < -0.3 is 5.11 Å². The van der Waals surface area contributed by atoms with Crippen molar-refractivity contribution >= 4 is 0 Å². The van der Waals surface area contributed by atoms with Gasteiger partial charge in [0.2, 0.25) is 0 Å². The maximum absolute atomic E-state index is 15.1. The van der Waals surface area contributed by atoms with Crippen LogP contribution < -0.4 is 0 Å². The highest BCUT2D eigenvalue weighted by Gasteiger charge is 2.41. The Morgan fingerprint density at radius 1 is 0.879 bits per heavy atom. The van der Waals surface area contributed by atoms with Crippen molar-refractivity contribution in [2.75, 3.05) is 0 Å². The molecule has 33 heavy (non-hydrogen) atoms. The van der Waals surface area contributed by atoms with E-state index in [0.29, 0.717) is 12.8 Å². The number of benzene rings is 1. The molecule has 0 amide bonds. The molecule has 0 aliphatic carbocycles. The molecule has 2 rings (SSSR count). The molecule has 0 saturated heterocycles. The first-order valence-corrected chi connectivity index (χ1v) is 12.2. The standard InChI is InChI=1S/C28H40F3NO/c1-20(2)26(33)11-7-6-9-21(3)27(5,24-10-8-18-32-19-24)17-16-22(4)28(30,31)23-12-14-25(29)15-13-23/h8,10,12-15,18-22,26,33H,6-7,9,11,16-17H2,1-5H3. The summed E-state index contributed by atoms with van der Waals surface area (Å²) in [5, 5.41) is 10.1. The summed E-state index contributed by atoms with van der Waals surface area (Å²) in [5.41, 5.74) is 0.631. The number of hydrogen-bond acceptors (Lipinski definition) is 2. The van der Waals surface area contributed by atoms with Crippen LogP contribution >= 0.6 is 0 Å². The van der Waals surface area contributed by atoms with E-state index in [0.717, 1.165) is 43.4 Å². The number of aromatic nitrogens is 1. The Morgan fingerprint density at radius 3 is 2.09 bits per heavy atom. The van der Waals surface area contributed by atoms with Gasteiger partial charge in [-0.3, -0.25) is 4.98 Å². The van der Waals surface area contributed by atoms with Crippen LogP contribution in [0.25, 0.3) is 0 Å². The minimum absolute atomic E-state index is 0.142. The summed E-state index contributed by atoms with van der Waals surface area (Å²) in [4.78, 5) is 4.29. The Hall–Kier alpha value is -1.88. The van der Waals surface area contributed by atoms with E-state index in [1.807, 2.05) is 32.2 Å². The van der Waals surface area contributed by atoms with Crippen LogP contribution in [0.1, 0.15) is 84.3 Å². The molecule has 2 aromatic rings. The molecule has 0 radical (unpaired) electrons. The molecule has 1 N–H and O–H groups in total. The second-order valence-corrected chi connectivity index (χ2v) is 10.2. The largest absolute Gasteiger partial charge is 0.393 e. The summed E-state index contributed by atoms with van der Waals surface area (Å²) in [6, 6.07) is 8.48. The molecule has 1 heterocycles. The Kier molecular flexibility index (Phi) is 9.96. The van der Waals surface area contributed by atoms with E-state index in [2.05, 4.69) is 18.8 Å². The van der Waals surface area contributed by atoms with Crippen LogP contribution in [0.2, 0.25) is 0 Å². The van der Waals surface area contributed by atoms with Crippen molar-refractivity contribution in [1.29, 1.82) is 0 Å². The van der Waals surface area contributed by atoms with E-state index in [1.54, 1.807) is 13.1 Å². The molecular formula is C28H40F3NO. The summed E-state index contributed by atoms with van der Waals surface area (Å²) in [5.74, 6) is -3.90. The van der Waals surface area contributed by atoms with Crippen LogP contribution in [0.4, 0.5) is 13.2 Å². The summed E-state index contributed by atoms with van der Waals surface area (Å²) < 4.78 is 43.4. The van der Waals surface area contributed by atoms with Crippen molar-refractivity contribution < 1.29 is 18.3 Å². The van der Waals surface area contributed by atoms with Crippen LogP contribution in [0, 0.1) is 23.6 Å². The monoisotopic (exact) mass is 463 g/mol. The normalized spacial score (nSPS) is 16.9. The smallest absolute Gasteiger partial charge is 0.275 e. The first-order valence-electron chi connectivity index (χ1n) is 12.2. The molecule has 0 fully saturated rings. The van der Waals surface area contributed by atoms with Gasteiger partial charge in [0.15, 0.2) is 0 Å². The van der Waals surface area contributed by atoms with Gasteiger partial charge in [0.1, 0.15) is 5.82 Å². The van der Waals surface area contributed by atoms with E-state index < -0.39 is 17.7 Å². The Bertz CT molecular complexity index is 825. The molecule has 0 bridgehead atoms. The highest BCUT2D eigenvalue weighted by molar-refractivity contribution is 5.23. The van der Waals surface area contributed by atoms with Crippen molar-refractivity contribution in [3.05, 3.63) is 65.7 Å². The quantitative estimate of drug-likeness (QED) is 0.306. The highest BCUT2D eigenvalue weighted by Crippen LogP contribution is 2.44. The van der Waals surface area contributed by atoms with Crippen molar-refractivity contribution in [1.82, 2.24) is 4.98 Å². The molecule has 0 saturated carbocycles. The average Bonchev–Trinajstić information content (AvgIpc) is 2.80. The molecule has 1 aromatic carbocycles. The lowest BCUT2D eigenvalue weighted by atomic mass is 9.67. The molecule has 0 aliphatic rings. The van der Waals surface area contributed by atoms with Crippen LogP contribution in [0.3, 0.4) is 0 Å². The predicted molar refractivity (Wildman–Crippen MR) is 129 cm³/mol. The van der Waals surface area contributed by atoms with Crippen molar-refractivity contribution in [3.8, 4) is 0 Å². The lowest BCUT2D eigenvalue weighted by Gasteiger charge is -2.38. The number of aliphatic hydroxyl groups excluding tert-OH is 1. The Morgan fingerprint density at radius 2 is 1.52 bits per heavy atom. The summed E-state index contributed by atoms with van der Waals surface area (Å²) in [7, 11) is 0.